The van der Waals surface area contributed by atoms with Gasteiger partial charge in [0.2, 0.25) is 0 Å². The van der Waals surface area contributed by atoms with Gasteiger partial charge in [-0.1, -0.05) is 17.8 Å². The number of aryl methyl sites for hydroxylation is 1. The Balaban J connectivity index is 1.46. The van der Waals surface area contributed by atoms with Gasteiger partial charge >= 0.3 is 0 Å². The van der Waals surface area contributed by atoms with Crippen LogP contribution in [-0.4, -0.2) is 24.7 Å². The molecule has 1 N–H and O–H groups in total. The Hall–Kier alpha value is -2.69. The number of nitrogens with one attached hydrogen (secondary N) is 1. The second-order valence-corrected chi connectivity index (χ2v) is 9.89. The highest BCUT2D eigenvalue weighted by molar-refractivity contribution is 7.99. The fourth-order valence-electron chi connectivity index (χ4n) is 3.25. The Kier molecular flexibility index (Phi) is 4.84. The zero-order valence-electron chi connectivity index (χ0n) is 16.4. The van der Waals surface area contributed by atoms with Crippen LogP contribution < -0.4 is 5.56 Å². The number of nitrogens with zero attached hydrogens (tertiary/aromatic N) is 4. The molecule has 0 saturated heterocycles. The Labute approximate surface area is 183 Å². The summed E-state index contributed by atoms with van der Waals surface area (Å²) in [6.45, 7) is 3.90. The van der Waals surface area contributed by atoms with E-state index in [9.17, 15) is 4.79 Å². The maximum absolute atomic E-state index is 12.9. The maximum Gasteiger partial charge on any atom is 0.260 e. The first-order chi connectivity index (χ1) is 14.5. The number of rotatable bonds is 5. The quantitative estimate of drug-likeness (QED) is 0.364. The number of furan rings is 1. The van der Waals surface area contributed by atoms with E-state index in [1.54, 1.807) is 17.6 Å². The van der Waals surface area contributed by atoms with Gasteiger partial charge < -0.3 is 14.0 Å². The zero-order valence-corrected chi connectivity index (χ0v) is 18.8. The highest BCUT2D eigenvalue weighted by Gasteiger charge is 2.20. The van der Waals surface area contributed by atoms with Crippen molar-refractivity contribution in [2.24, 2.45) is 7.05 Å². The lowest BCUT2D eigenvalue weighted by atomic mass is 10.2. The minimum Gasteiger partial charge on any atom is -0.469 e. The number of hydrogen-bond acceptors (Lipinski definition) is 8. The van der Waals surface area contributed by atoms with Gasteiger partial charge in [0.05, 0.1) is 22.5 Å². The van der Waals surface area contributed by atoms with Gasteiger partial charge in [-0.25, -0.2) is 4.98 Å². The molecule has 5 aromatic heterocycles. The Morgan fingerprint density at radius 1 is 1.23 bits per heavy atom. The highest BCUT2D eigenvalue weighted by Crippen LogP contribution is 2.37. The highest BCUT2D eigenvalue weighted by atomic mass is 32.2. The molecule has 5 heterocycles. The third kappa shape index (κ3) is 3.21. The zero-order chi connectivity index (χ0) is 20.8. The van der Waals surface area contributed by atoms with Gasteiger partial charge in [0.1, 0.15) is 16.4 Å². The van der Waals surface area contributed by atoms with Crippen molar-refractivity contribution in [2.45, 2.75) is 24.3 Å². The fraction of sp³-hybridized carbons (Fsp3) is 0.200. The van der Waals surface area contributed by atoms with Crippen LogP contribution in [0.25, 0.3) is 32.0 Å². The molecule has 0 aromatic carbocycles. The van der Waals surface area contributed by atoms with Crippen LogP contribution >= 0.6 is 34.4 Å². The molecule has 0 aliphatic carbocycles. The van der Waals surface area contributed by atoms with Crippen molar-refractivity contribution in [1.29, 1.82) is 0 Å². The van der Waals surface area contributed by atoms with Crippen LogP contribution in [-0.2, 0) is 7.05 Å². The number of aromatic nitrogens is 5. The molecule has 152 valence electrons. The number of fused-ring (bicyclic) bond motifs is 1. The van der Waals surface area contributed by atoms with Crippen LogP contribution in [0.3, 0.4) is 0 Å². The molecule has 0 fully saturated rings. The first-order valence-corrected chi connectivity index (χ1v) is 11.8. The van der Waals surface area contributed by atoms with Crippen LogP contribution in [0.4, 0.5) is 0 Å². The average Bonchev–Trinajstić information content (AvgIpc) is 3.50. The van der Waals surface area contributed by atoms with Crippen molar-refractivity contribution in [3.63, 3.8) is 0 Å². The van der Waals surface area contributed by atoms with Crippen LogP contribution in [0.2, 0.25) is 0 Å². The van der Waals surface area contributed by atoms with E-state index in [-0.39, 0.29) is 10.8 Å². The Morgan fingerprint density at radius 3 is 2.83 bits per heavy atom. The molecule has 1 atom stereocenters. The molecule has 0 aliphatic heterocycles. The van der Waals surface area contributed by atoms with Crippen LogP contribution in [0.1, 0.15) is 23.8 Å². The summed E-state index contributed by atoms with van der Waals surface area (Å²) in [6, 6.07) is 5.88. The lowest BCUT2D eigenvalue weighted by Crippen LogP contribution is -2.12. The van der Waals surface area contributed by atoms with Gasteiger partial charge in [-0.15, -0.1) is 32.9 Å². The van der Waals surface area contributed by atoms with E-state index in [2.05, 4.69) is 15.2 Å². The Morgan fingerprint density at radius 2 is 2.10 bits per heavy atom. The molecule has 0 saturated carbocycles. The molecular formula is C20H17N5O2S3. The summed E-state index contributed by atoms with van der Waals surface area (Å²) in [4.78, 5) is 22.4. The minimum atomic E-state index is -0.111. The monoisotopic (exact) mass is 455 g/mol. The molecule has 30 heavy (non-hydrogen) atoms. The summed E-state index contributed by atoms with van der Waals surface area (Å²) >= 11 is 4.61. The van der Waals surface area contributed by atoms with Crippen molar-refractivity contribution >= 4 is 44.7 Å². The van der Waals surface area contributed by atoms with Crippen LogP contribution in [0.5, 0.6) is 0 Å². The number of aromatic amines is 1. The van der Waals surface area contributed by atoms with Gasteiger partial charge in [-0.3, -0.25) is 4.79 Å². The molecular weight excluding hydrogens is 438 g/mol. The smallest absolute Gasteiger partial charge is 0.260 e. The summed E-state index contributed by atoms with van der Waals surface area (Å²) in [5.41, 5.74) is 1.75. The van der Waals surface area contributed by atoms with Crippen molar-refractivity contribution in [2.75, 3.05) is 0 Å². The summed E-state index contributed by atoms with van der Waals surface area (Å²) in [6.07, 6.45) is 1.64. The second-order valence-electron chi connectivity index (χ2n) is 6.77. The molecule has 0 radical (unpaired) electrons. The van der Waals surface area contributed by atoms with Crippen LogP contribution in [0, 0.1) is 6.92 Å². The molecule has 5 rings (SSSR count). The van der Waals surface area contributed by atoms with E-state index in [1.807, 2.05) is 54.4 Å². The van der Waals surface area contributed by atoms with E-state index >= 15 is 0 Å². The van der Waals surface area contributed by atoms with Gasteiger partial charge in [-0.2, -0.15) is 0 Å². The topological polar surface area (TPSA) is 89.6 Å². The van der Waals surface area contributed by atoms with E-state index in [0.29, 0.717) is 11.2 Å². The first-order valence-electron chi connectivity index (χ1n) is 9.18. The number of thioether (sulfide) groups is 1. The molecule has 5 aromatic rings. The maximum atomic E-state index is 12.9. The van der Waals surface area contributed by atoms with E-state index in [0.717, 1.165) is 37.6 Å². The predicted molar refractivity (Wildman–Crippen MR) is 121 cm³/mol. The van der Waals surface area contributed by atoms with Crippen molar-refractivity contribution in [1.82, 2.24) is 24.7 Å². The lowest BCUT2D eigenvalue weighted by Gasteiger charge is -2.10. The summed E-state index contributed by atoms with van der Waals surface area (Å²) in [5, 5.41) is 13.9. The normalized spacial score (nSPS) is 12.6. The summed E-state index contributed by atoms with van der Waals surface area (Å²) < 4.78 is 7.31. The standard InChI is InChI=1S/C20H17N5O2S3/c1-10-12(6-7-27-10)17-23-24-20(25(17)3)30-11(2)16-21-18(26)15-13(9-29-19(15)22-16)14-5-4-8-28-14/h4-9,11H,1-3H3,(H,21,22,26). The minimum absolute atomic E-state index is 0.101. The third-order valence-electron chi connectivity index (χ3n) is 4.85. The van der Waals surface area contributed by atoms with Crippen molar-refractivity contribution in [3.05, 3.63) is 57.2 Å². The van der Waals surface area contributed by atoms with Crippen LogP contribution in [0.15, 0.2) is 49.6 Å². The summed E-state index contributed by atoms with van der Waals surface area (Å²) in [5.74, 6) is 2.17. The molecule has 0 aliphatic rings. The largest absolute Gasteiger partial charge is 0.469 e. The molecule has 7 nitrogen and oxygen atoms in total. The van der Waals surface area contributed by atoms with E-state index in [1.165, 1.54) is 23.1 Å². The first kappa shape index (κ1) is 19.3. The molecule has 1 unspecified atom stereocenters. The predicted octanol–water partition coefficient (Wildman–Crippen LogP) is 5.26. The molecule has 0 spiro atoms. The molecule has 0 amide bonds. The SMILES string of the molecule is Cc1occc1-c1nnc(SC(C)c2nc3scc(-c4cccs4)c3c(=O)[nH]2)n1C. The lowest BCUT2D eigenvalue weighted by molar-refractivity contribution is 0.534. The number of thiophene rings is 2. The van der Waals surface area contributed by atoms with Gasteiger partial charge in [0.15, 0.2) is 11.0 Å². The van der Waals surface area contributed by atoms with E-state index < -0.39 is 0 Å². The molecule has 0 bridgehead atoms. The average molecular weight is 456 g/mol. The number of H-pyrrole nitrogens is 1. The Bertz CT molecular complexity index is 1390. The second kappa shape index (κ2) is 7.53. The number of hydrogen-bond donors (Lipinski definition) is 1. The fourth-order valence-corrected chi connectivity index (χ4v) is 5.90. The third-order valence-corrected chi connectivity index (χ3v) is 7.77. The molecule has 10 heteroatoms. The van der Waals surface area contributed by atoms with Gasteiger partial charge in [-0.05, 0) is 31.4 Å². The van der Waals surface area contributed by atoms with Crippen molar-refractivity contribution < 1.29 is 4.42 Å². The van der Waals surface area contributed by atoms with Gasteiger partial charge in [0, 0.05) is 22.9 Å². The van der Waals surface area contributed by atoms with E-state index in [4.69, 9.17) is 9.40 Å². The summed E-state index contributed by atoms with van der Waals surface area (Å²) in [7, 11) is 1.92. The van der Waals surface area contributed by atoms with Gasteiger partial charge in [0.25, 0.3) is 5.56 Å². The van der Waals surface area contributed by atoms with Crippen molar-refractivity contribution in [3.8, 4) is 21.8 Å².